The SMILES string of the molecule is Cc1cccc(N)c1C(=O)NCc1ccc(C(C)C)cc1. The van der Waals surface area contributed by atoms with Gasteiger partial charge in [0.15, 0.2) is 0 Å². The normalized spacial score (nSPS) is 10.7. The highest BCUT2D eigenvalue weighted by Gasteiger charge is 2.12. The van der Waals surface area contributed by atoms with Gasteiger partial charge in [-0.1, -0.05) is 50.2 Å². The molecular weight excluding hydrogens is 260 g/mol. The van der Waals surface area contributed by atoms with E-state index >= 15 is 0 Å². The molecule has 0 spiro atoms. The smallest absolute Gasteiger partial charge is 0.253 e. The average Bonchev–Trinajstić information content (AvgIpc) is 2.45. The van der Waals surface area contributed by atoms with Gasteiger partial charge in [0.1, 0.15) is 0 Å². The van der Waals surface area contributed by atoms with Crippen molar-refractivity contribution >= 4 is 11.6 Å². The topological polar surface area (TPSA) is 55.1 Å². The number of carbonyl (C=O) groups excluding carboxylic acids is 1. The predicted molar refractivity (Wildman–Crippen MR) is 87.3 cm³/mol. The van der Waals surface area contributed by atoms with E-state index in [9.17, 15) is 4.79 Å². The number of benzene rings is 2. The molecule has 0 saturated heterocycles. The Morgan fingerprint density at radius 3 is 2.38 bits per heavy atom. The highest BCUT2D eigenvalue weighted by molar-refractivity contribution is 6.00. The summed E-state index contributed by atoms with van der Waals surface area (Å²) in [5.74, 6) is 0.388. The standard InChI is InChI=1S/C18H22N2O/c1-12(2)15-9-7-14(8-10-15)11-20-18(21)17-13(3)5-4-6-16(17)19/h4-10,12H,11,19H2,1-3H3,(H,20,21). The fourth-order valence-electron chi connectivity index (χ4n) is 2.29. The summed E-state index contributed by atoms with van der Waals surface area (Å²) in [6.07, 6.45) is 0. The molecule has 110 valence electrons. The zero-order valence-electron chi connectivity index (χ0n) is 12.8. The third kappa shape index (κ3) is 3.63. The van der Waals surface area contributed by atoms with E-state index in [4.69, 9.17) is 5.73 Å². The summed E-state index contributed by atoms with van der Waals surface area (Å²) in [5.41, 5.74) is 10.2. The molecule has 0 aliphatic heterocycles. The molecule has 21 heavy (non-hydrogen) atoms. The van der Waals surface area contributed by atoms with Gasteiger partial charge in [-0.25, -0.2) is 0 Å². The Bertz CT molecular complexity index is 610. The van der Waals surface area contributed by atoms with Crippen molar-refractivity contribution in [1.29, 1.82) is 0 Å². The highest BCUT2D eigenvalue weighted by Crippen LogP contribution is 2.17. The van der Waals surface area contributed by atoms with Gasteiger partial charge in [-0.05, 0) is 35.6 Å². The molecule has 0 bridgehead atoms. The molecule has 3 nitrogen and oxygen atoms in total. The lowest BCUT2D eigenvalue weighted by Crippen LogP contribution is -2.24. The molecule has 0 unspecified atom stereocenters. The van der Waals surface area contributed by atoms with Crippen LogP contribution in [0.15, 0.2) is 42.5 Å². The number of hydrogen-bond acceptors (Lipinski definition) is 2. The molecule has 2 aromatic rings. The van der Waals surface area contributed by atoms with Crippen LogP contribution in [0.25, 0.3) is 0 Å². The zero-order chi connectivity index (χ0) is 15.4. The molecule has 0 fully saturated rings. The summed E-state index contributed by atoms with van der Waals surface area (Å²) in [7, 11) is 0. The summed E-state index contributed by atoms with van der Waals surface area (Å²) in [5, 5.41) is 2.93. The summed E-state index contributed by atoms with van der Waals surface area (Å²) in [6.45, 7) is 6.73. The molecule has 3 heteroatoms. The average molecular weight is 282 g/mol. The third-order valence-electron chi connectivity index (χ3n) is 3.63. The van der Waals surface area contributed by atoms with Gasteiger partial charge in [0.05, 0.1) is 5.56 Å². The van der Waals surface area contributed by atoms with Crippen LogP contribution >= 0.6 is 0 Å². The number of hydrogen-bond donors (Lipinski definition) is 2. The minimum atomic E-state index is -0.126. The van der Waals surface area contributed by atoms with Crippen LogP contribution in [0.3, 0.4) is 0 Å². The van der Waals surface area contributed by atoms with Crippen molar-refractivity contribution < 1.29 is 4.79 Å². The van der Waals surface area contributed by atoms with E-state index in [0.29, 0.717) is 23.7 Å². The molecular formula is C18H22N2O. The van der Waals surface area contributed by atoms with Gasteiger partial charge in [0, 0.05) is 12.2 Å². The molecule has 0 aliphatic carbocycles. The maximum Gasteiger partial charge on any atom is 0.253 e. The van der Waals surface area contributed by atoms with Crippen LogP contribution in [0.5, 0.6) is 0 Å². The largest absolute Gasteiger partial charge is 0.398 e. The molecule has 2 aromatic carbocycles. The maximum atomic E-state index is 12.2. The third-order valence-corrected chi connectivity index (χ3v) is 3.63. The lowest BCUT2D eigenvalue weighted by molar-refractivity contribution is 0.0951. The van der Waals surface area contributed by atoms with Gasteiger partial charge >= 0.3 is 0 Å². The monoisotopic (exact) mass is 282 g/mol. The van der Waals surface area contributed by atoms with Crippen molar-refractivity contribution in [2.24, 2.45) is 0 Å². The molecule has 0 aliphatic rings. The maximum absolute atomic E-state index is 12.2. The summed E-state index contributed by atoms with van der Waals surface area (Å²) < 4.78 is 0. The van der Waals surface area contributed by atoms with Crippen LogP contribution < -0.4 is 11.1 Å². The van der Waals surface area contributed by atoms with Crippen molar-refractivity contribution in [3.05, 3.63) is 64.7 Å². The molecule has 3 N–H and O–H groups in total. The number of carbonyl (C=O) groups is 1. The Hall–Kier alpha value is -2.29. The number of amides is 1. The number of nitrogens with one attached hydrogen (secondary N) is 1. The first-order chi connectivity index (χ1) is 9.99. The molecule has 0 atom stereocenters. The lowest BCUT2D eigenvalue weighted by Gasteiger charge is -2.11. The van der Waals surface area contributed by atoms with Crippen molar-refractivity contribution in [2.75, 3.05) is 5.73 Å². The number of nitrogens with two attached hydrogens (primary N) is 1. The van der Waals surface area contributed by atoms with E-state index in [1.807, 2.05) is 19.1 Å². The first kappa shape index (κ1) is 15.1. The predicted octanol–water partition coefficient (Wildman–Crippen LogP) is 3.63. The van der Waals surface area contributed by atoms with Crippen LogP contribution in [0.1, 0.15) is 46.8 Å². The van der Waals surface area contributed by atoms with Gasteiger partial charge in [-0.2, -0.15) is 0 Å². The van der Waals surface area contributed by atoms with Crippen LogP contribution in [-0.4, -0.2) is 5.91 Å². The first-order valence-corrected chi connectivity index (χ1v) is 7.21. The minimum absolute atomic E-state index is 0.126. The molecule has 0 saturated carbocycles. The molecule has 2 rings (SSSR count). The lowest BCUT2D eigenvalue weighted by atomic mass is 10.0. The summed E-state index contributed by atoms with van der Waals surface area (Å²) in [4.78, 5) is 12.2. The number of aryl methyl sites for hydroxylation is 1. The van der Waals surface area contributed by atoms with Crippen LogP contribution in [0.2, 0.25) is 0 Å². The second-order valence-electron chi connectivity index (χ2n) is 5.62. The molecule has 0 aromatic heterocycles. The van der Waals surface area contributed by atoms with Gasteiger partial charge < -0.3 is 11.1 Å². The van der Waals surface area contributed by atoms with Gasteiger partial charge in [0.25, 0.3) is 5.91 Å². The molecule has 0 radical (unpaired) electrons. The van der Waals surface area contributed by atoms with E-state index in [2.05, 4.69) is 43.4 Å². The van der Waals surface area contributed by atoms with Crippen LogP contribution in [0.4, 0.5) is 5.69 Å². The van der Waals surface area contributed by atoms with Crippen molar-refractivity contribution in [3.8, 4) is 0 Å². The van der Waals surface area contributed by atoms with Crippen molar-refractivity contribution in [3.63, 3.8) is 0 Å². The van der Waals surface area contributed by atoms with E-state index in [1.165, 1.54) is 5.56 Å². The quantitative estimate of drug-likeness (QED) is 0.841. The second-order valence-corrected chi connectivity index (χ2v) is 5.62. The van der Waals surface area contributed by atoms with Crippen molar-refractivity contribution in [1.82, 2.24) is 5.32 Å². The fraction of sp³-hybridized carbons (Fsp3) is 0.278. The van der Waals surface area contributed by atoms with Gasteiger partial charge in [0.2, 0.25) is 0 Å². The van der Waals surface area contributed by atoms with Gasteiger partial charge in [-0.3, -0.25) is 4.79 Å². The Morgan fingerprint density at radius 1 is 1.14 bits per heavy atom. The van der Waals surface area contributed by atoms with E-state index in [0.717, 1.165) is 11.1 Å². The Morgan fingerprint density at radius 2 is 1.81 bits per heavy atom. The van der Waals surface area contributed by atoms with E-state index in [1.54, 1.807) is 6.07 Å². The highest BCUT2D eigenvalue weighted by atomic mass is 16.1. The Labute approximate surface area is 126 Å². The van der Waals surface area contributed by atoms with Crippen molar-refractivity contribution in [2.45, 2.75) is 33.2 Å². The van der Waals surface area contributed by atoms with E-state index in [-0.39, 0.29) is 5.91 Å². The zero-order valence-corrected chi connectivity index (χ0v) is 12.8. The summed E-state index contributed by atoms with van der Waals surface area (Å²) >= 11 is 0. The van der Waals surface area contributed by atoms with Crippen LogP contribution in [0, 0.1) is 6.92 Å². The molecule has 0 heterocycles. The molecule has 1 amide bonds. The Kier molecular flexibility index (Phi) is 4.63. The number of anilines is 1. The van der Waals surface area contributed by atoms with E-state index < -0.39 is 0 Å². The summed E-state index contributed by atoms with van der Waals surface area (Å²) in [6, 6.07) is 13.8. The number of rotatable bonds is 4. The number of nitrogen functional groups attached to an aromatic ring is 1. The van der Waals surface area contributed by atoms with Crippen LogP contribution in [-0.2, 0) is 6.54 Å². The van der Waals surface area contributed by atoms with Gasteiger partial charge in [-0.15, -0.1) is 0 Å². The fourth-order valence-corrected chi connectivity index (χ4v) is 2.29. The Balaban J connectivity index is 2.04. The first-order valence-electron chi connectivity index (χ1n) is 7.21. The minimum Gasteiger partial charge on any atom is -0.398 e. The second kappa shape index (κ2) is 6.44.